The van der Waals surface area contributed by atoms with Crippen LogP contribution in [0.4, 0.5) is 5.00 Å². The zero-order chi connectivity index (χ0) is 24.1. The van der Waals surface area contributed by atoms with Gasteiger partial charge in [0.05, 0.1) is 30.6 Å². The molecule has 1 unspecified atom stereocenters. The van der Waals surface area contributed by atoms with Crippen molar-refractivity contribution in [2.75, 3.05) is 24.3 Å². The van der Waals surface area contributed by atoms with Gasteiger partial charge in [-0.05, 0) is 45.2 Å². The van der Waals surface area contributed by atoms with E-state index in [9.17, 15) is 9.59 Å². The normalized spacial score (nSPS) is 15.6. The quantitative estimate of drug-likeness (QED) is 0.296. The van der Waals surface area contributed by atoms with Gasteiger partial charge in [-0.15, -0.1) is 32.9 Å². The smallest absolute Gasteiger partial charge is 0.341 e. The summed E-state index contributed by atoms with van der Waals surface area (Å²) in [7, 11) is 0. The number of nitrogens with zero attached hydrogens (tertiary/aromatic N) is 3. The number of thioether (sulfide) groups is 1. The van der Waals surface area contributed by atoms with Crippen molar-refractivity contribution in [1.29, 1.82) is 0 Å². The molecule has 0 aromatic carbocycles. The van der Waals surface area contributed by atoms with Crippen molar-refractivity contribution in [3.05, 3.63) is 32.8 Å². The molecule has 0 spiro atoms. The number of aromatic nitrogens is 3. The van der Waals surface area contributed by atoms with E-state index in [2.05, 4.69) is 38.5 Å². The Balaban J connectivity index is 1.48. The molecule has 1 saturated heterocycles. The van der Waals surface area contributed by atoms with Gasteiger partial charge in [0.25, 0.3) is 0 Å². The molecule has 0 radical (unpaired) electrons. The van der Waals surface area contributed by atoms with E-state index in [1.807, 2.05) is 6.92 Å². The van der Waals surface area contributed by atoms with E-state index >= 15 is 0 Å². The minimum absolute atomic E-state index is 0.119. The fourth-order valence-electron chi connectivity index (χ4n) is 3.69. The molecule has 0 saturated carbocycles. The summed E-state index contributed by atoms with van der Waals surface area (Å²) in [4.78, 5) is 27.3. The maximum atomic E-state index is 12.8. The lowest BCUT2D eigenvalue weighted by Gasteiger charge is -2.14. The predicted octanol–water partition coefficient (Wildman–Crippen LogP) is 5.03. The summed E-state index contributed by atoms with van der Waals surface area (Å²) in [6, 6.07) is 3.89. The van der Waals surface area contributed by atoms with Crippen LogP contribution < -0.4 is 5.32 Å². The third-order valence-corrected chi connectivity index (χ3v) is 8.35. The Kier molecular flexibility index (Phi) is 8.41. The lowest BCUT2D eigenvalue weighted by molar-refractivity contribution is -0.113. The SMILES string of the molecule is CCOC(=O)c1cc(CC)sc1NC(=O)CSc1nnc(-c2csc(C)c2)n1CC1CCCO1. The number of ether oxygens (including phenoxy) is 2. The van der Waals surface area contributed by atoms with Crippen LogP contribution in [0.2, 0.25) is 0 Å². The molecule has 34 heavy (non-hydrogen) atoms. The minimum Gasteiger partial charge on any atom is -0.462 e. The number of rotatable bonds is 10. The summed E-state index contributed by atoms with van der Waals surface area (Å²) in [6.45, 7) is 7.54. The van der Waals surface area contributed by atoms with Crippen LogP contribution in [0.1, 0.15) is 46.8 Å². The second-order valence-corrected chi connectivity index (χ2v) is 11.1. The van der Waals surface area contributed by atoms with Crippen LogP contribution in [0, 0.1) is 6.92 Å². The van der Waals surface area contributed by atoms with E-state index in [-0.39, 0.29) is 24.4 Å². The number of thiophene rings is 2. The number of hydrogen-bond acceptors (Lipinski definition) is 9. The largest absolute Gasteiger partial charge is 0.462 e. The van der Waals surface area contributed by atoms with Gasteiger partial charge in [-0.3, -0.25) is 9.36 Å². The number of anilines is 1. The Bertz CT molecular complexity index is 1150. The van der Waals surface area contributed by atoms with Gasteiger partial charge in [-0.1, -0.05) is 18.7 Å². The summed E-state index contributed by atoms with van der Waals surface area (Å²) >= 11 is 4.40. The number of hydrogen-bond donors (Lipinski definition) is 1. The van der Waals surface area contributed by atoms with E-state index in [4.69, 9.17) is 9.47 Å². The standard InChI is InChI=1S/C23H28N4O4S3/c1-4-17-10-18(22(29)30-5-2)21(34-17)24-19(28)13-33-23-26-25-20(15-9-14(3)32-12-15)27(23)11-16-7-6-8-31-16/h9-10,12,16H,4-8,11,13H2,1-3H3,(H,24,28). The number of amides is 1. The second-order valence-electron chi connectivity index (χ2n) is 7.86. The Hall–Kier alpha value is -2.21. The second kappa shape index (κ2) is 11.5. The third kappa shape index (κ3) is 5.88. The van der Waals surface area contributed by atoms with Crippen molar-refractivity contribution < 1.29 is 19.1 Å². The topological polar surface area (TPSA) is 95.3 Å². The summed E-state index contributed by atoms with van der Waals surface area (Å²) in [5.41, 5.74) is 1.42. The van der Waals surface area contributed by atoms with Crippen LogP contribution in [0.15, 0.2) is 22.7 Å². The van der Waals surface area contributed by atoms with Crippen LogP contribution in [0.5, 0.6) is 0 Å². The fraction of sp³-hybridized carbons (Fsp3) is 0.478. The van der Waals surface area contributed by atoms with Crippen molar-refractivity contribution >= 4 is 51.3 Å². The van der Waals surface area contributed by atoms with Gasteiger partial charge >= 0.3 is 5.97 Å². The first-order chi connectivity index (χ1) is 16.5. The first-order valence-corrected chi connectivity index (χ1v) is 14.0. The Labute approximate surface area is 211 Å². The van der Waals surface area contributed by atoms with Crippen LogP contribution >= 0.6 is 34.4 Å². The highest BCUT2D eigenvalue weighted by Crippen LogP contribution is 2.31. The Morgan fingerprint density at radius 2 is 2.18 bits per heavy atom. The van der Waals surface area contributed by atoms with Gasteiger partial charge in [0.15, 0.2) is 11.0 Å². The van der Waals surface area contributed by atoms with Crippen molar-refractivity contribution in [3.8, 4) is 11.4 Å². The van der Waals surface area contributed by atoms with Gasteiger partial charge in [0, 0.05) is 27.3 Å². The minimum atomic E-state index is -0.423. The van der Waals surface area contributed by atoms with Crippen molar-refractivity contribution in [2.45, 2.75) is 57.8 Å². The molecule has 0 aliphatic carbocycles. The molecule has 0 bridgehead atoms. The third-order valence-electron chi connectivity index (χ3n) is 5.33. The molecule has 182 valence electrons. The van der Waals surface area contributed by atoms with Gasteiger partial charge in [-0.2, -0.15) is 0 Å². The van der Waals surface area contributed by atoms with E-state index in [0.717, 1.165) is 42.1 Å². The lowest BCUT2D eigenvalue weighted by Crippen LogP contribution is -2.18. The van der Waals surface area contributed by atoms with Crippen LogP contribution in [0.3, 0.4) is 0 Å². The molecule has 11 heteroatoms. The van der Waals surface area contributed by atoms with Crippen molar-refractivity contribution in [3.63, 3.8) is 0 Å². The zero-order valence-electron chi connectivity index (χ0n) is 19.5. The van der Waals surface area contributed by atoms with Crippen LogP contribution in [-0.4, -0.2) is 51.7 Å². The number of carbonyl (C=O) groups excluding carboxylic acids is 2. The van der Waals surface area contributed by atoms with Gasteiger partial charge in [0.2, 0.25) is 5.91 Å². The summed E-state index contributed by atoms with van der Waals surface area (Å²) < 4.78 is 13.0. The van der Waals surface area contributed by atoms with E-state index < -0.39 is 5.97 Å². The molecular formula is C23H28N4O4S3. The van der Waals surface area contributed by atoms with Gasteiger partial charge < -0.3 is 14.8 Å². The molecule has 4 heterocycles. The zero-order valence-corrected chi connectivity index (χ0v) is 21.9. The molecule has 3 aromatic heterocycles. The lowest BCUT2D eigenvalue weighted by atomic mass is 10.2. The first-order valence-electron chi connectivity index (χ1n) is 11.3. The van der Waals surface area contributed by atoms with E-state index in [0.29, 0.717) is 22.3 Å². The molecule has 3 aromatic rings. The highest BCUT2D eigenvalue weighted by molar-refractivity contribution is 7.99. The molecule has 1 aliphatic rings. The number of carbonyl (C=O) groups is 2. The maximum Gasteiger partial charge on any atom is 0.341 e. The van der Waals surface area contributed by atoms with Gasteiger partial charge in [0.1, 0.15) is 5.00 Å². The fourth-order valence-corrected chi connectivity index (χ4v) is 6.12. The molecule has 8 nitrogen and oxygen atoms in total. The summed E-state index contributed by atoms with van der Waals surface area (Å²) in [6.07, 6.45) is 2.94. The van der Waals surface area contributed by atoms with Crippen molar-refractivity contribution in [2.24, 2.45) is 0 Å². The highest BCUT2D eigenvalue weighted by atomic mass is 32.2. The predicted molar refractivity (Wildman–Crippen MR) is 136 cm³/mol. The molecule has 1 fully saturated rings. The highest BCUT2D eigenvalue weighted by Gasteiger charge is 2.23. The number of esters is 1. The first kappa shape index (κ1) is 24.9. The Morgan fingerprint density at radius 1 is 1.32 bits per heavy atom. The molecule has 1 amide bonds. The maximum absolute atomic E-state index is 12.8. The number of aryl methyl sites for hydroxylation is 2. The van der Waals surface area contributed by atoms with Gasteiger partial charge in [-0.25, -0.2) is 4.79 Å². The van der Waals surface area contributed by atoms with E-state index in [1.165, 1.54) is 28.0 Å². The Morgan fingerprint density at radius 3 is 2.85 bits per heavy atom. The average molecular weight is 521 g/mol. The molecular weight excluding hydrogens is 492 g/mol. The number of nitrogens with one attached hydrogen (secondary N) is 1. The van der Waals surface area contributed by atoms with Crippen LogP contribution in [0.25, 0.3) is 11.4 Å². The van der Waals surface area contributed by atoms with E-state index in [1.54, 1.807) is 24.3 Å². The molecule has 1 N–H and O–H groups in total. The van der Waals surface area contributed by atoms with Crippen LogP contribution in [-0.2, 0) is 27.2 Å². The monoisotopic (exact) mass is 520 g/mol. The molecule has 1 aliphatic heterocycles. The summed E-state index contributed by atoms with van der Waals surface area (Å²) in [5.74, 6) is 0.305. The average Bonchev–Trinajstić information content (AvgIpc) is 3.61. The molecule has 4 rings (SSSR count). The summed E-state index contributed by atoms with van der Waals surface area (Å²) in [5, 5.41) is 15.0. The molecule has 1 atom stereocenters. The van der Waals surface area contributed by atoms with Crippen molar-refractivity contribution in [1.82, 2.24) is 14.8 Å².